The van der Waals surface area contributed by atoms with Crippen LogP contribution < -0.4 is 4.90 Å². The first kappa shape index (κ1) is 15.9. The molecular formula is C20H21N3O2S. The molecule has 0 aromatic carbocycles. The van der Waals surface area contributed by atoms with Gasteiger partial charge in [-0.1, -0.05) is 0 Å². The predicted octanol–water partition coefficient (Wildman–Crippen LogP) is 3.69. The molecule has 1 fully saturated rings. The highest BCUT2D eigenvalue weighted by molar-refractivity contribution is 7.10. The highest BCUT2D eigenvalue weighted by Crippen LogP contribution is 2.31. The first-order valence-electron chi connectivity index (χ1n) is 9.21. The first-order valence-corrected chi connectivity index (χ1v) is 10.1. The van der Waals surface area contributed by atoms with Gasteiger partial charge in [-0.15, -0.1) is 11.3 Å². The summed E-state index contributed by atoms with van der Waals surface area (Å²) in [5, 5.41) is 3.17. The number of furan rings is 1. The highest BCUT2D eigenvalue weighted by atomic mass is 32.1. The number of carbonyl (C=O) groups is 1. The van der Waals surface area contributed by atoms with Crippen LogP contribution in [0.1, 0.15) is 23.3 Å². The number of piperidine rings is 1. The first-order chi connectivity index (χ1) is 12.8. The number of pyridine rings is 1. The summed E-state index contributed by atoms with van der Waals surface area (Å²) in [6, 6.07) is 6.01. The second kappa shape index (κ2) is 6.43. The van der Waals surface area contributed by atoms with Crippen LogP contribution in [0.2, 0.25) is 0 Å². The third-order valence-electron chi connectivity index (χ3n) is 5.55. The SMILES string of the molecule is O=C(C1CCCN(c2nccc3occc23)C1)N1CCc2sccc2C1. The van der Waals surface area contributed by atoms with Crippen LogP contribution in [-0.2, 0) is 17.8 Å². The van der Waals surface area contributed by atoms with E-state index in [1.807, 2.05) is 23.5 Å². The van der Waals surface area contributed by atoms with Crippen molar-refractivity contribution in [3.8, 4) is 0 Å². The quantitative estimate of drug-likeness (QED) is 0.693. The zero-order valence-electron chi connectivity index (χ0n) is 14.6. The molecule has 1 unspecified atom stereocenters. The molecule has 1 saturated heterocycles. The van der Waals surface area contributed by atoms with Crippen LogP contribution in [0.25, 0.3) is 11.0 Å². The van der Waals surface area contributed by atoms with E-state index in [-0.39, 0.29) is 5.92 Å². The number of nitrogens with zero attached hydrogens (tertiary/aromatic N) is 3. The van der Waals surface area contributed by atoms with Crippen LogP contribution >= 0.6 is 11.3 Å². The van der Waals surface area contributed by atoms with E-state index in [9.17, 15) is 4.79 Å². The van der Waals surface area contributed by atoms with Crippen LogP contribution in [0, 0.1) is 5.92 Å². The Bertz CT molecular complexity index is 947. The number of carbonyl (C=O) groups excluding carboxylic acids is 1. The van der Waals surface area contributed by atoms with Gasteiger partial charge in [0.15, 0.2) is 0 Å². The molecule has 0 spiro atoms. The standard InChI is InChI=1S/C20H21N3O2S/c24-20(23-9-4-18-14(12-23)6-11-26-18)15-2-1-8-22(13-15)19-16-5-10-25-17(16)3-7-21-19/h3,5-7,10-11,15H,1-2,4,8-9,12-13H2. The zero-order chi connectivity index (χ0) is 17.5. The Morgan fingerprint density at radius 3 is 3.19 bits per heavy atom. The number of hydrogen-bond donors (Lipinski definition) is 0. The zero-order valence-corrected chi connectivity index (χ0v) is 15.4. The van der Waals surface area contributed by atoms with Crippen molar-refractivity contribution in [1.29, 1.82) is 0 Å². The molecule has 1 atom stereocenters. The number of aromatic nitrogens is 1. The average molecular weight is 367 g/mol. The molecule has 2 aliphatic heterocycles. The topological polar surface area (TPSA) is 49.6 Å². The van der Waals surface area contributed by atoms with Gasteiger partial charge in [-0.05, 0) is 48.4 Å². The molecule has 3 aromatic rings. The summed E-state index contributed by atoms with van der Waals surface area (Å²) in [4.78, 5) is 23.5. The Morgan fingerprint density at radius 2 is 2.23 bits per heavy atom. The van der Waals surface area contributed by atoms with Crippen LogP contribution in [0.15, 0.2) is 40.5 Å². The Hall–Kier alpha value is -2.34. The lowest BCUT2D eigenvalue weighted by molar-refractivity contribution is -0.136. The van der Waals surface area contributed by atoms with Gasteiger partial charge in [0, 0.05) is 37.3 Å². The van der Waals surface area contributed by atoms with Crippen molar-refractivity contribution in [2.24, 2.45) is 5.92 Å². The minimum absolute atomic E-state index is 0.0490. The smallest absolute Gasteiger partial charge is 0.227 e. The molecule has 134 valence electrons. The Labute approximate surface area is 156 Å². The minimum atomic E-state index is 0.0490. The van der Waals surface area contributed by atoms with E-state index in [4.69, 9.17) is 4.42 Å². The van der Waals surface area contributed by atoms with Gasteiger partial charge in [-0.25, -0.2) is 4.98 Å². The minimum Gasteiger partial charge on any atom is -0.464 e. The fourth-order valence-corrected chi connectivity index (χ4v) is 5.09. The van der Waals surface area contributed by atoms with Crippen molar-refractivity contribution >= 4 is 34.0 Å². The average Bonchev–Trinajstić information content (AvgIpc) is 3.35. The van der Waals surface area contributed by atoms with Crippen molar-refractivity contribution in [2.45, 2.75) is 25.8 Å². The summed E-state index contributed by atoms with van der Waals surface area (Å²) in [7, 11) is 0. The van der Waals surface area contributed by atoms with Crippen LogP contribution in [0.3, 0.4) is 0 Å². The van der Waals surface area contributed by atoms with Gasteiger partial charge in [0.2, 0.25) is 5.91 Å². The van der Waals surface area contributed by atoms with Crippen molar-refractivity contribution in [2.75, 3.05) is 24.5 Å². The van der Waals surface area contributed by atoms with Crippen LogP contribution in [0.5, 0.6) is 0 Å². The van der Waals surface area contributed by atoms with E-state index >= 15 is 0 Å². The number of anilines is 1. The molecule has 1 amide bonds. The highest BCUT2D eigenvalue weighted by Gasteiger charge is 2.32. The third kappa shape index (κ3) is 2.69. The van der Waals surface area contributed by atoms with Crippen molar-refractivity contribution in [3.05, 3.63) is 46.5 Å². The van der Waals surface area contributed by atoms with E-state index in [0.29, 0.717) is 5.91 Å². The predicted molar refractivity (Wildman–Crippen MR) is 102 cm³/mol. The Kier molecular flexibility index (Phi) is 3.93. The van der Waals surface area contributed by atoms with Crippen molar-refractivity contribution < 1.29 is 9.21 Å². The van der Waals surface area contributed by atoms with E-state index < -0.39 is 0 Å². The maximum atomic E-state index is 13.1. The molecular weight excluding hydrogens is 346 g/mol. The normalized spacial score (nSPS) is 20.4. The molecule has 3 aromatic heterocycles. The molecule has 0 N–H and O–H groups in total. The van der Waals surface area contributed by atoms with Gasteiger partial charge in [0.1, 0.15) is 11.4 Å². The maximum Gasteiger partial charge on any atom is 0.227 e. The molecule has 0 saturated carbocycles. The largest absolute Gasteiger partial charge is 0.464 e. The lowest BCUT2D eigenvalue weighted by atomic mass is 9.95. The molecule has 0 aliphatic carbocycles. The van der Waals surface area contributed by atoms with E-state index in [1.54, 1.807) is 12.5 Å². The lowest BCUT2D eigenvalue weighted by Gasteiger charge is -2.36. The Morgan fingerprint density at radius 1 is 1.27 bits per heavy atom. The second-order valence-corrected chi connectivity index (χ2v) is 8.13. The molecule has 5 rings (SSSR count). The van der Waals surface area contributed by atoms with E-state index in [0.717, 1.165) is 62.2 Å². The molecule has 6 heteroatoms. The third-order valence-corrected chi connectivity index (χ3v) is 6.57. The summed E-state index contributed by atoms with van der Waals surface area (Å²) in [6.07, 6.45) is 6.46. The maximum absolute atomic E-state index is 13.1. The number of rotatable bonds is 2. The van der Waals surface area contributed by atoms with E-state index in [1.165, 1.54) is 10.4 Å². The monoisotopic (exact) mass is 367 g/mol. The van der Waals surface area contributed by atoms with Crippen molar-refractivity contribution in [3.63, 3.8) is 0 Å². The van der Waals surface area contributed by atoms with Gasteiger partial charge in [0.25, 0.3) is 0 Å². The summed E-state index contributed by atoms with van der Waals surface area (Å²) in [5.74, 6) is 1.28. The Balaban J connectivity index is 1.34. The molecule has 26 heavy (non-hydrogen) atoms. The number of amides is 1. The van der Waals surface area contributed by atoms with Gasteiger partial charge in [-0.3, -0.25) is 4.79 Å². The summed E-state index contributed by atoms with van der Waals surface area (Å²) in [5.41, 5.74) is 2.18. The van der Waals surface area contributed by atoms with Gasteiger partial charge < -0.3 is 14.2 Å². The summed E-state index contributed by atoms with van der Waals surface area (Å²) in [6.45, 7) is 3.29. The number of hydrogen-bond acceptors (Lipinski definition) is 5. The fraction of sp³-hybridized carbons (Fsp3) is 0.400. The molecule has 5 heterocycles. The lowest BCUT2D eigenvalue weighted by Crippen LogP contribution is -2.46. The van der Waals surface area contributed by atoms with Gasteiger partial charge in [-0.2, -0.15) is 0 Å². The molecule has 5 nitrogen and oxygen atoms in total. The van der Waals surface area contributed by atoms with Gasteiger partial charge in [0.05, 0.1) is 17.6 Å². The number of thiophene rings is 1. The molecule has 0 bridgehead atoms. The van der Waals surface area contributed by atoms with Crippen molar-refractivity contribution in [1.82, 2.24) is 9.88 Å². The molecule has 2 aliphatic rings. The fourth-order valence-electron chi connectivity index (χ4n) is 4.20. The van der Waals surface area contributed by atoms with Gasteiger partial charge >= 0.3 is 0 Å². The second-order valence-electron chi connectivity index (χ2n) is 7.13. The summed E-state index contributed by atoms with van der Waals surface area (Å²) < 4.78 is 5.50. The van der Waals surface area contributed by atoms with Crippen LogP contribution in [0.4, 0.5) is 5.82 Å². The molecule has 0 radical (unpaired) electrons. The number of fused-ring (bicyclic) bond motifs is 2. The van der Waals surface area contributed by atoms with Crippen LogP contribution in [-0.4, -0.2) is 35.4 Å². The summed E-state index contributed by atoms with van der Waals surface area (Å²) >= 11 is 1.81. The van der Waals surface area contributed by atoms with E-state index in [2.05, 4.69) is 26.2 Å².